The summed E-state index contributed by atoms with van der Waals surface area (Å²) in [5, 5.41) is 10.4. The average Bonchev–Trinajstić information content (AvgIpc) is 3.18. The molecule has 0 radical (unpaired) electrons. The van der Waals surface area contributed by atoms with E-state index < -0.39 is 17.8 Å². The van der Waals surface area contributed by atoms with E-state index in [1.54, 1.807) is 6.07 Å². The Morgan fingerprint density at radius 2 is 1.94 bits per heavy atom. The Balaban J connectivity index is 1.32. The second kappa shape index (κ2) is 10.3. The summed E-state index contributed by atoms with van der Waals surface area (Å²) in [5.74, 6) is 0.0477. The lowest BCUT2D eigenvalue weighted by atomic mass is 9.96. The zero-order valence-corrected chi connectivity index (χ0v) is 20.6. The highest BCUT2D eigenvalue weighted by molar-refractivity contribution is 6.30. The van der Waals surface area contributed by atoms with E-state index in [1.165, 1.54) is 18.5 Å². The summed E-state index contributed by atoms with van der Waals surface area (Å²) < 4.78 is 19.8. The summed E-state index contributed by atoms with van der Waals surface area (Å²) >= 11 is 5.91. The molecule has 0 saturated carbocycles. The Labute approximate surface area is 209 Å². The first-order valence-electron chi connectivity index (χ1n) is 12.2. The number of rotatable bonds is 5. The molecule has 1 aromatic carbocycles. The number of hydrogen-bond donors (Lipinski definition) is 1. The number of carbonyl (C=O) groups is 1. The monoisotopic (exact) mass is 503 g/mol. The molecule has 35 heavy (non-hydrogen) atoms. The number of amides is 1. The fraction of sp³-hybridized carbons (Fsp3) is 0.560. The number of anilines is 1. The van der Waals surface area contributed by atoms with Gasteiger partial charge in [-0.05, 0) is 30.0 Å². The van der Waals surface area contributed by atoms with E-state index in [1.807, 2.05) is 4.90 Å². The van der Waals surface area contributed by atoms with Crippen molar-refractivity contribution in [3.05, 3.63) is 52.2 Å². The van der Waals surface area contributed by atoms with Crippen molar-refractivity contribution < 1.29 is 19.0 Å². The lowest BCUT2D eigenvalue weighted by Gasteiger charge is -2.39. The number of nitrogens with zero attached hydrogens (tertiary/aromatic N) is 5. The van der Waals surface area contributed by atoms with Crippen molar-refractivity contribution in [2.75, 3.05) is 63.9 Å². The first kappa shape index (κ1) is 24.4. The normalized spacial score (nSPS) is 23.9. The molecule has 0 bridgehead atoms. The molecule has 2 fully saturated rings. The van der Waals surface area contributed by atoms with Gasteiger partial charge in [0.25, 0.3) is 0 Å². The van der Waals surface area contributed by atoms with Crippen LogP contribution < -0.4 is 4.90 Å². The summed E-state index contributed by atoms with van der Waals surface area (Å²) in [4.78, 5) is 28.8. The smallest absolute Gasteiger partial charge is 0.231 e. The van der Waals surface area contributed by atoms with Crippen LogP contribution in [0.5, 0.6) is 0 Å². The minimum absolute atomic E-state index is 0.00503. The van der Waals surface area contributed by atoms with Gasteiger partial charge in [0.05, 0.1) is 36.0 Å². The SMILES string of the molecule is C[C@@H]1C[C@@H](O)c2ncnc(N3CCN(C(=O)C(CN4CCOCC4)c4ccc(Cl)c(F)c4)CC3)c21. The predicted octanol–water partition coefficient (Wildman–Crippen LogP) is 2.57. The summed E-state index contributed by atoms with van der Waals surface area (Å²) in [6, 6.07) is 4.66. The zero-order chi connectivity index (χ0) is 24.5. The Morgan fingerprint density at radius 1 is 1.20 bits per heavy atom. The molecule has 3 aliphatic rings. The van der Waals surface area contributed by atoms with Crippen LogP contribution in [0.15, 0.2) is 24.5 Å². The van der Waals surface area contributed by atoms with Crippen molar-refractivity contribution in [2.45, 2.75) is 31.3 Å². The first-order valence-corrected chi connectivity index (χ1v) is 12.6. The predicted molar refractivity (Wildman–Crippen MR) is 130 cm³/mol. The quantitative estimate of drug-likeness (QED) is 0.671. The van der Waals surface area contributed by atoms with E-state index in [9.17, 15) is 14.3 Å². The largest absolute Gasteiger partial charge is 0.387 e. The van der Waals surface area contributed by atoms with Gasteiger partial charge < -0.3 is 19.6 Å². The van der Waals surface area contributed by atoms with Crippen molar-refractivity contribution >= 4 is 23.3 Å². The third-order valence-electron chi connectivity index (χ3n) is 7.36. The van der Waals surface area contributed by atoms with E-state index in [4.69, 9.17) is 16.3 Å². The minimum atomic E-state index is -0.551. The maximum absolute atomic E-state index is 14.3. The van der Waals surface area contributed by atoms with Gasteiger partial charge in [0.2, 0.25) is 5.91 Å². The maximum Gasteiger partial charge on any atom is 0.231 e. The van der Waals surface area contributed by atoms with Crippen molar-refractivity contribution in [1.82, 2.24) is 19.8 Å². The van der Waals surface area contributed by atoms with Crippen molar-refractivity contribution in [2.24, 2.45) is 0 Å². The summed E-state index contributed by atoms with van der Waals surface area (Å²) in [6.45, 7) is 7.72. The average molecular weight is 504 g/mol. The van der Waals surface area contributed by atoms with Crippen molar-refractivity contribution in [1.29, 1.82) is 0 Å². The van der Waals surface area contributed by atoms with Crippen LogP contribution in [0.4, 0.5) is 10.2 Å². The highest BCUT2D eigenvalue weighted by atomic mass is 35.5. The molecule has 2 saturated heterocycles. The number of hydrogen-bond acceptors (Lipinski definition) is 7. The Bertz CT molecular complexity index is 1080. The van der Waals surface area contributed by atoms with Gasteiger partial charge in [-0.2, -0.15) is 0 Å². The van der Waals surface area contributed by atoms with Crippen molar-refractivity contribution in [3.63, 3.8) is 0 Å². The number of fused-ring (bicyclic) bond motifs is 1. The van der Waals surface area contributed by atoms with E-state index in [2.05, 4.69) is 26.7 Å². The lowest BCUT2D eigenvalue weighted by molar-refractivity contribution is -0.134. The standard InChI is InChI=1S/C25H31ClFN5O3/c1-16-12-21(33)23-22(16)24(29-15-28-23)31-4-6-32(7-5-31)25(34)18(14-30-8-10-35-11-9-30)17-2-3-19(26)20(27)13-17/h2-3,13,15-16,18,21,33H,4-12,14H2,1H3/t16-,18?,21-/m1/s1. The van der Waals surface area contributed by atoms with Gasteiger partial charge in [0.15, 0.2) is 0 Å². The molecule has 188 valence electrons. The highest BCUT2D eigenvalue weighted by Gasteiger charge is 2.35. The fourth-order valence-electron chi connectivity index (χ4n) is 5.41. The molecule has 0 spiro atoms. The van der Waals surface area contributed by atoms with Crippen LogP contribution in [-0.2, 0) is 9.53 Å². The second-order valence-electron chi connectivity index (χ2n) is 9.60. The molecule has 1 amide bonds. The number of ether oxygens (including phenoxy) is 1. The van der Waals surface area contributed by atoms with Gasteiger partial charge in [-0.3, -0.25) is 9.69 Å². The van der Waals surface area contributed by atoms with Gasteiger partial charge in [0, 0.05) is 51.4 Å². The molecule has 1 aliphatic carbocycles. The van der Waals surface area contributed by atoms with Crippen LogP contribution >= 0.6 is 11.6 Å². The number of piperazine rings is 1. The minimum Gasteiger partial charge on any atom is -0.387 e. The Hall–Kier alpha value is -2.33. The van der Waals surface area contributed by atoms with Crippen LogP contribution in [0.25, 0.3) is 0 Å². The number of aliphatic hydroxyl groups excluding tert-OH is 1. The van der Waals surface area contributed by atoms with Crippen LogP contribution in [0.1, 0.15) is 48.1 Å². The molecule has 5 rings (SSSR count). The third-order valence-corrected chi connectivity index (χ3v) is 7.66. The molecular formula is C25H31ClFN5O3. The molecule has 1 N–H and O–H groups in total. The first-order chi connectivity index (χ1) is 16.9. The molecule has 3 heterocycles. The number of benzene rings is 1. The lowest BCUT2D eigenvalue weighted by Crippen LogP contribution is -2.52. The van der Waals surface area contributed by atoms with E-state index >= 15 is 0 Å². The van der Waals surface area contributed by atoms with E-state index in [0.29, 0.717) is 57.9 Å². The molecular weight excluding hydrogens is 473 g/mol. The number of morpholine rings is 1. The molecule has 10 heteroatoms. The topological polar surface area (TPSA) is 82.0 Å². The third kappa shape index (κ3) is 5.00. The van der Waals surface area contributed by atoms with E-state index in [-0.39, 0.29) is 16.8 Å². The highest BCUT2D eigenvalue weighted by Crippen LogP contribution is 2.42. The fourth-order valence-corrected chi connectivity index (χ4v) is 5.53. The number of aliphatic hydroxyl groups is 1. The van der Waals surface area contributed by atoms with Gasteiger partial charge in [-0.15, -0.1) is 0 Å². The molecule has 1 aromatic heterocycles. The molecule has 3 atom stereocenters. The van der Waals surface area contributed by atoms with Crippen LogP contribution in [0.2, 0.25) is 5.02 Å². The van der Waals surface area contributed by atoms with Gasteiger partial charge in [-0.25, -0.2) is 14.4 Å². The summed E-state index contributed by atoms with van der Waals surface area (Å²) in [5.41, 5.74) is 2.38. The number of aromatic nitrogens is 2. The van der Waals surface area contributed by atoms with Crippen LogP contribution in [-0.4, -0.2) is 89.8 Å². The Kier molecular flexibility index (Phi) is 7.20. The van der Waals surface area contributed by atoms with Crippen LogP contribution in [0, 0.1) is 5.82 Å². The van der Waals surface area contributed by atoms with Gasteiger partial charge >= 0.3 is 0 Å². The van der Waals surface area contributed by atoms with Crippen molar-refractivity contribution in [3.8, 4) is 0 Å². The summed E-state index contributed by atoms with van der Waals surface area (Å²) in [6.07, 6.45) is 1.62. The maximum atomic E-state index is 14.3. The zero-order valence-electron chi connectivity index (χ0n) is 19.9. The number of halogens is 2. The molecule has 1 unspecified atom stereocenters. The summed E-state index contributed by atoms with van der Waals surface area (Å²) in [7, 11) is 0. The molecule has 8 nitrogen and oxygen atoms in total. The Morgan fingerprint density at radius 3 is 2.66 bits per heavy atom. The van der Waals surface area contributed by atoms with E-state index in [0.717, 1.165) is 30.2 Å². The van der Waals surface area contributed by atoms with Gasteiger partial charge in [-0.1, -0.05) is 24.6 Å². The van der Waals surface area contributed by atoms with Gasteiger partial charge in [0.1, 0.15) is 18.0 Å². The van der Waals surface area contributed by atoms with Crippen LogP contribution in [0.3, 0.4) is 0 Å². The molecule has 2 aromatic rings. The number of carbonyl (C=O) groups excluding carboxylic acids is 1. The molecule has 2 aliphatic heterocycles. The second-order valence-corrected chi connectivity index (χ2v) is 10.0.